The standard InChI is InChI=1S/C20H19ClN2O3/c21-14-4-3-5-15(12-14)23-10-8-22(9-11-23)13-17-19(24)16-6-1-2-7-18(16)26-20(17)25/h1-7,12,24H,8-11,13H2. The highest BCUT2D eigenvalue weighted by atomic mass is 35.5. The van der Waals surface area contributed by atoms with E-state index in [0.29, 0.717) is 23.1 Å². The molecule has 0 atom stereocenters. The SMILES string of the molecule is O=c1oc2ccccc2c(O)c1CN1CCN(c2cccc(Cl)c2)CC1. The molecule has 1 aliphatic rings. The zero-order valence-corrected chi connectivity index (χ0v) is 14.9. The molecule has 1 fully saturated rings. The van der Waals surface area contributed by atoms with E-state index in [1.807, 2.05) is 30.3 Å². The monoisotopic (exact) mass is 370 g/mol. The lowest BCUT2D eigenvalue weighted by molar-refractivity contribution is 0.243. The molecule has 26 heavy (non-hydrogen) atoms. The molecule has 4 rings (SSSR count). The lowest BCUT2D eigenvalue weighted by atomic mass is 10.1. The zero-order valence-electron chi connectivity index (χ0n) is 14.2. The van der Waals surface area contributed by atoms with Crippen LogP contribution in [0.3, 0.4) is 0 Å². The Kier molecular flexibility index (Phi) is 4.57. The minimum Gasteiger partial charge on any atom is -0.507 e. The Balaban J connectivity index is 1.50. The Morgan fingerprint density at radius 1 is 1.04 bits per heavy atom. The van der Waals surface area contributed by atoms with E-state index in [4.69, 9.17) is 16.0 Å². The van der Waals surface area contributed by atoms with Crippen LogP contribution in [0.1, 0.15) is 5.56 Å². The molecule has 6 heteroatoms. The quantitative estimate of drug-likeness (QED) is 0.715. The molecule has 1 aromatic heterocycles. The lowest BCUT2D eigenvalue weighted by Gasteiger charge is -2.36. The molecule has 1 saturated heterocycles. The van der Waals surface area contributed by atoms with E-state index in [2.05, 4.69) is 9.80 Å². The number of nitrogens with zero attached hydrogens (tertiary/aromatic N) is 2. The summed E-state index contributed by atoms with van der Waals surface area (Å²) in [4.78, 5) is 16.7. The van der Waals surface area contributed by atoms with Gasteiger partial charge in [0.15, 0.2) is 0 Å². The van der Waals surface area contributed by atoms with Crippen molar-refractivity contribution in [1.82, 2.24) is 4.90 Å². The molecular weight excluding hydrogens is 352 g/mol. The van der Waals surface area contributed by atoms with Crippen molar-refractivity contribution >= 4 is 28.3 Å². The van der Waals surface area contributed by atoms with Crippen LogP contribution in [-0.2, 0) is 6.54 Å². The Morgan fingerprint density at radius 3 is 2.58 bits per heavy atom. The van der Waals surface area contributed by atoms with Gasteiger partial charge in [-0.25, -0.2) is 4.79 Å². The number of piperazine rings is 1. The summed E-state index contributed by atoms with van der Waals surface area (Å²) in [5.74, 6) is 0.0223. The van der Waals surface area contributed by atoms with Gasteiger partial charge in [-0.05, 0) is 30.3 Å². The molecule has 5 nitrogen and oxygen atoms in total. The summed E-state index contributed by atoms with van der Waals surface area (Å²) in [6, 6.07) is 14.9. The summed E-state index contributed by atoms with van der Waals surface area (Å²) >= 11 is 6.07. The minimum absolute atomic E-state index is 0.0223. The molecular formula is C20H19ClN2O3. The van der Waals surface area contributed by atoms with Gasteiger partial charge in [-0.2, -0.15) is 0 Å². The van der Waals surface area contributed by atoms with Crippen LogP contribution in [-0.4, -0.2) is 36.2 Å². The van der Waals surface area contributed by atoms with E-state index in [1.165, 1.54) is 0 Å². The number of anilines is 1. The average Bonchev–Trinajstić information content (AvgIpc) is 2.66. The van der Waals surface area contributed by atoms with Crippen LogP contribution in [0.15, 0.2) is 57.7 Å². The molecule has 1 N–H and O–H groups in total. The van der Waals surface area contributed by atoms with Gasteiger partial charge in [0, 0.05) is 43.4 Å². The number of benzene rings is 2. The van der Waals surface area contributed by atoms with Crippen molar-refractivity contribution in [3.8, 4) is 5.75 Å². The number of halogens is 1. The molecule has 0 bridgehead atoms. The van der Waals surface area contributed by atoms with Crippen LogP contribution in [0.5, 0.6) is 5.75 Å². The van der Waals surface area contributed by atoms with Crippen molar-refractivity contribution in [2.75, 3.05) is 31.1 Å². The van der Waals surface area contributed by atoms with Crippen LogP contribution in [0, 0.1) is 0 Å². The Bertz CT molecular complexity index is 994. The van der Waals surface area contributed by atoms with Crippen molar-refractivity contribution in [3.63, 3.8) is 0 Å². The summed E-state index contributed by atoms with van der Waals surface area (Å²) < 4.78 is 5.35. The molecule has 134 valence electrons. The zero-order chi connectivity index (χ0) is 18.1. The summed E-state index contributed by atoms with van der Waals surface area (Å²) in [5.41, 5.74) is 1.35. The molecule has 0 radical (unpaired) electrons. The topological polar surface area (TPSA) is 56.9 Å². The van der Waals surface area contributed by atoms with Crippen molar-refractivity contribution in [2.45, 2.75) is 6.54 Å². The third-order valence-corrected chi connectivity index (χ3v) is 5.04. The highest BCUT2D eigenvalue weighted by molar-refractivity contribution is 6.30. The molecule has 0 unspecified atom stereocenters. The van der Waals surface area contributed by atoms with Gasteiger partial charge in [0.25, 0.3) is 0 Å². The summed E-state index contributed by atoms with van der Waals surface area (Å²) in [6.45, 7) is 3.62. The summed E-state index contributed by atoms with van der Waals surface area (Å²) in [5, 5.41) is 11.8. The molecule has 0 amide bonds. The molecule has 1 aliphatic heterocycles. The van der Waals surface area contributed by atoms with E-state index >= 15 is 0 Å². The number of fused-ring (bicyclic) bond motifs is 1. The fourth-order valence-corrected chi connectivity index (χ4v) is 3.56. The van der Waals surface area contributed by atoms with Gasteiger partial charge < -0.3 is 14.4 Å². The van der Waals surface area contributed by atoms with Gasteiger partial charge in [0.05, 0.1) is 10.9 Å². The average molecular weight is 371 g/mol. The number of aromatic hydroxyl groups is 1. The normalized spacial score (nSPS) is 15.5. The first-order chi connectivity index (χ1) is 12.6. The molecule has 0 aliphatic carbocycles. The van der Waals surface area contributed by atoms with Crippen molar-refractivity contribution in [1.29, 1.82) is 0 Å². The molecule has 2 aromatic carbocycles. The highest BCUT2D eigenvalue weighted by Crippen LogP contribution is 2.27. The fourth-order valence-electron chi connectivity index (χ4n) is 3.37. The van der Waals surface area contributed by atoms with Crippen molar-refractivity contribution in [3.05, 3.63) is 69.5 Å². The van der Waals surface area contributed by atoms with Crippen LogP contribution in [0.2, 0.25) is 5.02 Å². The largest absolute Gasteiger partial charge is 0.507 e. The Morgan fingerprint density at radius 2 is 1.81 bits per heavy atom. The Labute approximate surface area is 156 Å². The van der Waals surface area contributed by atoms with E-state index in [1.54, 1.807) is 18.2 Å². The van der Waals surface area contributed by atoms with Gasteiger partial charge in [0.1, 0.15) is 11.3 Å². The first-order valence-corrected chi connectivity index (χ1v) is 8.96. The maximum Gasteiger partial charge on any atom is 0.344 e. The van der Waals surface area contributed by atoms with Crippen LogP contribution < -0.4 is 10.5 Å². The summed E-state index contributed by atoms with van der Waals surface area (Å²) in [6.07, 6.45) is 0. The lowest BCUT2D eigenvalue weighted by Crippen LogP contribution is -2.46. The second-order valence-corrected chi connectivity index (χ2v) is 6.89. The third kappa shape index (κ3) is 3.28. The van der Waals surface area contributed by atoms with E-state index in [0.717, 1.165) is 36.9 Å². The third-order valence-electron chi connectivity index (χ3n) is 4.80. The predicted octanol–water partition coefficient (Wildman–Crippen LogP) is 3.47. The molecule has 0 spiro atoms. The van der Waals surface area contributed by atoms with E-state index < -0.39 is 5.63 Å². The second-order valence-electron chi connectivity index (χ2n) is 6.46. The highest BCUT2D eigenvalue weighted by Gasteiger charge is 2.21. The van der Waals surface area contributed by atoms with E-state index in [-0.39, 0.29) is 5.75 Å². The van der Waals surface area contributed by atoms with E-state index in [9.17, 15) is 9.90 Å². The maximum absolute atomic E-state index is 12.3. The van der Waals surface area contributed by atoms with Crippen molar-refractivity contribution < 1.29 is 9.52 Å². The van der Waals surface area contributed by atoms with Crippen molar-refractivity contribution in [2.24, 2.45) is 0 Å². The minimum atomic E-state index is -0.474. The maximum atomic E-state index is 12.3. The van der Waals surface area contributed by atoms with Gasteiger partial charge in [-0.1, -0.05) is 29.8 Å². The van der Waals surface area contributed by atoms with Crippen LogP contribution in [0.4, 0.5) is 5.69 Å². The molecule has 2 heterocycles. The van der Waals surface area contributed by atoms with Crippen LogP contribution >= 0.6 is 11.6 Å². The number of hydrogen-bond acceptors (Lipinski definition) is 5. The smallest absolute Gasteiger partial charge is 0.344 e. The first kappa shape index (κ1) is 16.9. The number of para-hydroxylation sites is 1. The van der Waals surface area contributed by atoms with Crippen LogP contribution in [0.25, 0.3) is 11.0 Å². The number of hydrogen-bond donors (Lipinski definition) is 1. The molecule has 0 saturated carbocycles. The number of rotatable bonds is 3. The fraction of sp³-hybridized carbons (Fsp3) is 0.250. The van der Waals surface area contributed by atoms with Gasteiger partial charge in [-0.3, -0.25) is 4.90 Å². The van der Waals surface area contributed by atoms with Gasteiger partial charge in [-0.15, -0.1) is 0 Å². The second kappa shape index (κ2) is 7.02. The first-order valence-electron chi connectivity index (χ1n) is 8.58. The Hall–Kier alpha value is -2.50. The van der Waals surface area contributed by atoms with Gasteiger partial charge >= 0.3 is 5.63 Å². The van der Waals surface area contributed by atoms with Gasteiger partial charge in [0.2, 0.25) is 0 Å². The predicted molar refractivity (Wildman–Crippen MR) is 103 cm³/mol. The summed E-state index contributed by atoms with van der Waals surface area (Å²) in [7, 11) is 0. The molecule has 3 aromatic rings.